The van der Waals surface area contributed by atoms with Crippen molar-refractivity contribution in [3.05, 3.63) is 29.8 Å². The molecule has 114 valence electrons. The third-order valence-electron chi connectivity index (χ3n) is 3.09. The standard InChI is InChI=1S/C14H25N3O2S/c1-14(2,3)12-6-8-13(9-7-12)16-20(18,19)17(4)11-5-10-15/h6-9,16H,5,10-11,15H2,1-4H3. The van der Waals surface area contributed by atoms with E-state index >= 15 is 0 Å². The van der Waals surface area contributed by atoms with E-state index in [0.717, 1.165) is 5.56 Å². The number of hydrogen-bond acceptors (Lipinski definition) is 3. The van der Waals surface area contributed by atoms with Gasteiger partial charge in [-0.3, -0.25) is 4.72 Å². The largest absolute Gasteiger partial charge is 0.330 e. The second-order valence-corrected chi connectivity index (χ2v) is 7.68. The van der Waals surface area contributed by atoms with Gasteiger partial charge in [-0.2, -0.15) is 12.7 Å². The molecule has 0 spiro atoms. The lowest BCUT2D eigenvalue weighted by Crippen LogP contribution is -2.34. The molecule has 5 nitrogen and oxygen atoms in total. The maximum Gasteiger partial charge on any atom is 0.301 e. The van der Waals surface area contributed by atoms with Crippen LogP contribution in [-0.4, -0.2) is 32.9 Å². The summed E-state index contributed by atoms with van der Waals surface area (Å²) < 4.78 is 28.0. The maximum absolute atomic E-state index is 12.1. The smallest absolute Gasteiger partial charge is 0.301 e. The molecule has 0 atom stereocenters. The van der Waals surface area contributed by atoms with Crippen LogP contribution in [0.4, 0.5) is 5.69 Å². The molecule has 0 saturated heterocycles. The minimum Gasteiger partial charge on any atom is -0.330 e. The highest BCUT2D eigenvalue weighted by atomic mass is 32.2. The predicted octanol–water partition coefficient (Wildman–Crippen LogP) is 1.92. The number of nitrogens with two attached hydrogens (primary N) is 1. The van der Waals surface area contributed by atoms with E-state index in [1.165, 1.54) is 4.31 Å². The van der Waals surface area contributed by atoms with E-state index in [9.17, 15) is 8.42 Å². The fraction of sp³-hybridized carbons (Fsp3) is 0.571. The molecule has 3 N–H and O–H groups in total. The second kappa shape index (κ2) is 6.56. The Labute approximate surface area is 122 Å². The Morgan fingerprint density at radius 2 is 1.75 bits per heavy atom. The summed E-state index contributed by atoms with van der Waals surface area (Å²) in [6.07, 6.45) is 0.639. The van der Waals surface area contributed by atoms with Gasteiger partial charge in [-0.05, 0) is 36.1 Å². The molecular weight excluding hydrogens is 274 g/mol. The van der Waals surface area contributed by atoms with Crippen molar-refractivity contribution < 1.29 is 8.42 Å². The Hall–Kier alpha value is -1.11. The number of nitrogens with one attached hydrogen (secondary N) is 1. The molecule has 0 aromatic heterocycles. The summed E-state index contributed by atoms with van der Waals surface area (Å²) in [5.74, 6) is 0. The first kappa shape index (κ1) is 16.9. The van der Waals surface area contributed by atoms with Crippen LogP contribution in [0.1, 0.15) is 32.8 Å². The highest BCUT2D eigenvalue weighted by molar-refractivity contribution is 7.90. The molecule has 0 amide bonds. The molecule has 1 aromatic rings. The van der Waals surface area contributed by atoms with Gasteiger partial charge in [-0.25, -0.2) is 0 Å². The maximum atomic E-state index is 12.1. The molecule has 20 heavy (non-hydrogen) atoms. The minimum atomic E-state index is -3.51. The zero-order valence-corrected chi connectivity index (χ0v) is 13.5. The van der Waals surface area contributed by atoms with Gasteiger partial charge in [0.2, 0.25) is 0 Å². The van der Waals surface area contributed by atoms with Crippen LogP contribution < -0.4 is 10.5 Å². The van der Waals surface area contributed by atoms with Gasteiger partial charge in [-0.1, -0.05) is 32.9 Å². The van der Waals surface area contributed by atoms with Crippen molar-refractivity contribution >= 4 is 15.9 Å². The Morgan fingerprint density at radius 3 is 2.20 bits per heavy atom. The van der Waals surface area contributed by atoms with Crippen molar-refractivity contribution in [3.63, 3.8) is 0 Å². The molecule has 0 unspecified atom stereocenters. The summed E-state index contributed by atoms with van der Waals surface area (Å²) in [6, 6.07) is 7.46. The van der Waals surface area contributed by atoms with Crippen molar-refractivity contribution in [2.24, 2.45) is 5.73 Å². The zero-order valence-electron chi connectivity index (χ0n) is 12.7. The van der Waals surface area contributed by atoms with Gasteiger partial charge in [0.15, 0.2) is 0 Å². The fourth-order valence-electron chi connectivity index (χ4n) is 1.70. The number of rotatable bonds is 6. The summed E-state index contributed by atoms with van der Waals surface area (Å²) in [6.45, 7) is 7.23. The first-order valence-corrected chi connectivity index (χ1v) is 8.15. The van der Waals surface area contributed by atoms with Crippen LogP contribution in [0.15, 0.2) is 24.3 Å². The molecule has 1 rings (SSSR count). The summed E-state index contributed by atoms with van der Waals surface area (Å²) in [7, 11) is -1.96. The number of benzene rings is 1. The molecule has 1 aromatic carbocycles. The van der Waals surface area contributed by atoms with Crippen LogP contribution in [-0.2, 0) is 15.6 Å². The van der Waals surface area contributed by atoms with E-state index in [-0.39, 0.29) is 5.41 Å². The van der Waals surface area contributed by atoms with E-state index in [4.69, 9.17) is 5.73 Å². The quantitative estimate of drug-likeness (QED) is 0.842. The van der Waals surface area contributed by atoms with E-state index < -0.39 is 10.2 Å². The van der Waals surface area contributed by atoms with Gasteiger partial charge in [0.25, 0.3) is 0 Å². The van der Waals surface area contributed by atoms with Gasteiger partial charge in [-0.15, -0.1) is 0 Å². The molecule has 0 saturated carbocycles. The van der Waals surface area contributed by atoms with Crippen LogP contribution in [0.3, 0.4) is 0 Å². The van der Waals surface area contributed by atoms with Crippen LogP contribution in [0.2, 0.25) is 0 Å². The van der Waals surface area contributed by atoms with Crippen LogP contribution in [0.5, 0.6) is 0 Å². The first-order chi connectivity index (χ1) is 9.16. The van der Waals surface area contributed by atoms with Crippen molar-refractivity contribution in [2.75, 3.05) is 24.9 Å². The van der Waals surface area contributed by atoms with Gasteiger partial charge in [0.05, 0.1) is 0 Å². The Kier molecular flexibility index (Phi) is 5.56. The van der Waals surface area contributed by atoms with Crippen molar-refractivity contribution in [2.45, 2.75) is 32.6 Å². The molecule has 6 heteroatoms. The Balaban J connectivity index is 2.78. The molecule has 0 aliphatic carbocycles. The van der Waals surface area contributed by atoms with Gasteiger partial charge in [0, 0.05) is 19.3 Å². The molecule has 0 heterocycles. The van der Waals surface area contributed by atoms with E-state index in [0.29, 0.717) is 25.2 Å². The van der Waals surface area contributed by atoms with Crippen molar-refractivity contribution in [1.82, 2.24) is 4.31 Å². The SMILES string of the molecule is CN(CCCN)S(=O)(=O)Nc1ccc(C(C)(C)C)cc1. The Morgan fingerprint density at radius 1 is 1.20 bits per heavy atom. The number of anilines is 1. The zero-order chi connectivity index (χ0) is 15.4. The van der Waals surface area contributed by atoms with Gasteiger partial charge < -0.3 is 5.73 Å². The van der Waals surface area contributed by atoms with E-state index in [2.05, 4.69) is 25.5 Å². The monoisotopic (exact) mass is 299 g/mol. The third-order valence-corrected chi connectivity index (χ3v) is 4.58. The summed E-state index contributed by atoms with van der Waals surface area (Å²) in [4.78, 5) is 0. The summed E-state index contributed by atoms with van der Waals surface area (Å²) >= 11 is 0. The average Bonchev–Trinajstić information content (AvgIpc) is 2.34. The minimum absolute atomic E-state index is 0.0509. The van der Waals surface area contributed by atoms with Crippen LogP contribution in [0, 0.1) is 0 Å². The van der Waals surface area contributed by atoms with Crippen molar-refractivity contribution in [3.8, 4) is 0 Å². The van der Waals surface area contributed by atoms with Crippen LogP contribution >= 0.6 is 0 Å². The highest BCUT2D eigenvalue weighted by Gasteiger charge is 2.18. The second-order valence-electron chi connectivity index (χ2n) is 5.90. The molecule has 0 radical (unpaired) electrons. The number of hydrogen-bond donors (Lipinski definition) is 2. The number of nitrogens with zero attached hydrogens (tertiary/aromatic N) is 1. The van der Waals surface area contributed by atoms with E-state index in [1.54, 1.807) is 19.2 Å². The van der Waals surface area contributed by atoms with E-state index in [1.807, 2.05) is 12.1 Å². The van der Waals surface area contributed by atoms with Gasteiger partial charge >= 0.3 is 10.2 Å². The predicted molar refractivity (Wildman–Crippen MR) is 84.0 cm³/mol. The topological polar surface area (TPSA) is 75.4 Å². The highest BCUT2D eigenvalue weighted by Crippen LogP contribution is 2.23. The molecular formula is C14H25N3O2S. The summed E-state index contributed by atoms with van der Waals surface area (Å²) in [5.41, 5.74) is 7.17. The Bertz CT molecular complexity index is 518. The molecule has 0 aliphatic rings. The lowest BCUT2D eigenvalue weighted by molar-refractivity contribution is 0.468. The third kappa shape index (κ3) is 4.77. The first-order valence-electron chi connectivity index (χ1n) is 6.71. The van der Waals surface area contributed by atoms with Crippen LogP contribution in [0.25, 0.3) is 0 Å². The van der Waals surface area contributed by atoms with Gasteiger partial charge in [0.1, 0.15) is 0 Å². The lowest BCUT2D eigenvalue weighted by Gasteiger charge is -2.20. The molecule has 0 aliphatic heterocycles. The fourth-order valence-corrected chi connectivity index (χ4v) is 2.66. The molecule has 0 fully saturated rings. The van der Waals surface area contributed by atoms with Crippen molar-refractivity contribution in [1.29, 1.82) is 0 Å². The average molecular weight is 299 g/mol. The normalized spacial score (nSPS) is 12.7. The lowest BCUT2D eigenvalue weighted by atomic mass is 9.87. The molecule has 0 bridgehead atoms. The summed E-state index contributed by atoms with van der Waals surface area (Å²) in [5, 5.41) is 0.